The fraction of sp³-hybridized carbons (Fsp3) is 0.389. The first-order valence-electron chi connectivity index (χ1n) is 8.25. The van der Waals surface area contributed by atoms with Gasteiger partial charge in [-0.05, 0) is 23.8 Å². The molecule has 0 aliphatic carbocycles. The first-order chi connectivity index (χ1) is 12.7. The minimum absolute atomic E-state index is 0.00314. The van der Waals surface area contributed by atoms with Gasteiger partial charge in [0.2, 0.25) is 0 Å². The molecule has 1 aromatic heterocycles. The summed E-state index contributed by atoms with van der Waals surface area (Å²) in [5, 5.41) is 3.66. The van der Waals surface area contributed by atoms with Crippen LogP contribution < -0.4 is 10.2 Å². The molecule has 146 valence electrons. The van der Waals surface area contributed by atoms with Crippen LogP contribution in [0.25, 0.3) is 0 Å². The lowest BCUT2D eigenvalue weighted by molar-refractivity contribution is -0.137. The van der Waals surface area contributed by atoms with E-state index in [2.05, 4.69) is 10.3 Å². The van der Waals surface area contributed by atoms with E-state index < -0.39 is 11.7 Å². The minimum atomic E-state index is -4.45. The number of rotatable bonds is 5. The number of pyridine rings is 1. The second kappa shape index (κ2) is 8.26. The molecular weight excluding hydrogens is 399 g/mol. The molecule has 4 nitrogen and oxygen atoms in total. The summed E-state index contributed by atoms with van der Waals surface area (Å²) in [6, 6.07) is 8.97. The molecule has 0 saturated carbocycles. The quantitative estimate of drug-likeness (QED) is 0.720. The van der Waals surface area contributed by atoms with E-state index in [9.17, 15) is 13.2 Å². The number of halogens is 4. The van der Waals surface area contributed by atoms with Gasteiger partial charge in [0.25, 0.3) is 0 Å². The number of benzene rings is 1. The van der Waals surface area contributed by atoms with Gasteiger partial charge in [-0.3, -0.25) is 5.32 Å². The molecule has 1 N–H and O–H groups in total. The van der Waals surface area contributed by atoms with Crippen LogP contribution in [0, 0.1) is 0 Å². The third kappa shape index (κ3) is 5.07. The molecule has 1 aromatic carbocycles. The van der Waals surface area contributed by atoms with Crippen LogP contribution in [-0.2, 0) is 10.9 Å². The van der Waals surface area contributed by atoms with E-state index in [0.717, 1.165) is 23.5 Å². The summed E-state index contributed by atoms with van der Waals surface area (Å²) in [4.78, 5) is 5.86. The van der Waals surface area contributed by atoms with Crippen molar-refractivity contribution in [2.24, 2.45) is 0 Å². The zero-order valence-electron chi connectivity index (χ0n) is 14.8. The highest BCUT2D eigenvalue weighted by molar-refractivity contribution is 7.99. The van der Waals surface area contributed by atoms with Crippen molar-refractivity contribution >= 4 is 29.1 Å². The van der Waals surface area contributed by atoms with Crippen LogP contribution >= 0.6 is 23.4 Å². The molecule has 0 amide bonds. The van der Waals surface area contributed by atoms with Crippen LogP contribution in [0.1, 0.15) is 17.4 Å². The molecule has 1 aliphatic rings. The zero-order valence-corrected chi connectivity index (χ0v) is 16.3. The smallest absolute Gasteiger partial charge is 0.378 e. The van der Waals surface area contributed by atoms with Gasteiger partial charge < -0.3 is 9.64 Å². The summed E-state index contributed by atoms with van der Waals surface area (Å²) in [6.45, 7) is 0.644. The summed E-state index contributed by atoms with van der Waals surface area (Å²) in [5.74, 6) is 0.539. The maximum atomic E-state index is 12.7. The second-order valence-electron chi connectivity index (χ2n) is 6.35. The van der Waals surface area contributed by atoms with Gasteiger partial charge in [-0.2, -0.15) is 13.2 Å². The fourth-order valence-electron chi connectivity index (χ4n) is 2.63. The van der Waals surface area contributed by atoms with E-state index >= 15 is 0 Å². The summed E-state index contributed by atoms with van der Waals surface area (Å²) >= 11 is 7.23. The number of ether oxygens (including phenoxy) is 1. The van der Waals surface area contributed by atoms with E-state index in [-0.39, 0.29) is 17.4 Å². The lowest BCUT2D eigenvalue weighted by Gasteiger charge is -2.16. The van der Waals surface area contributed by atoms with E-state index in [4.69, 9.17) is 16.3 Å². The maximum Gasteiger partial charge on any atom is 0.417 e. The number of nitrogens with zero attached hydrogens (tertiary/aromatic N) is 2. The normalized spacial score (nSPS) is 20.1. The van der Waals surface area contributed by atoms with Gasteiger partial charge in [-0.15, -0.1) is 11.8 Å². The molecule has 0 radical (unpaired) electrons. The molecule has 3 rings (SSSR count). The molecule has 9 heteroatoms. The predicted molar refractivity (Wildman–Crippen MR) is 101 cm³/mol. The van der Waals surface area contributed by atoms with Gasteiger partial charge >= 0.3 is 6.18 Å². The number of aromatic nitrogens is 1. The molecule has 0 bridgehead atoms. The summed E-state index contributed by atoms with van der Waals surface area (Å²) in [5.41, 5.74) is 1.28. The molecule has 1 saturated heterocycles. The highest BCUT2D eigenvalue weighted by Gasteiger charge is 2.32. The third-order valence-electron chi connectivity index (χ3n) is 4.11. The second-order valence-corrected chi connectivity index (χ2v) is 7.77. The number of nitrogens with one attached hydrogen (secondary N) is 1. The molecule has 1 fully saturated rings. The summed E-state index contributed by atoms with van der Waals surface area (Å²) in [7, 11) is 3.96. The molecule has 2 heterocycles. The lowest BCUT2D eigenvalue weighted by Crippen LogP contribution is -2.17. The topological polar surface area (TPSA) is 37.4 Å². The Morgan fingerprint density at radius 1 is 1.30 bits per heavy atom. The Morgan fingerprint density at radius 3 is 2.59 bits per heavy atom. The van der Waals surface area contributed by atoms with E-state index in [1.807, 2.05) is 43.3 Å². The number of thioether (sulfide) groups is 1. The molecule has 0 unspecified atom stereocenters. The lowest BCUT2D eigenvalue weighted by atomic mass is 10.2. The standard InChI is InChI=1S/C18H19ClF3N3OS/c1-25(2)13-5-3-11(4-6-13)16-23-9-14(26-16)10-27-17-15(19)7-12(8-24-17)18(20,21)22/h3-8,14,16,23H,9-10H2,1-2H3/t14-,16-/m0/s1. The number of alkyl halides is 3. The van der Waals surface area contributed by atoms with Crippen LogP contribution in [0.4, 0.5) is 18.9 Å². The predicted octanol–water partition coefficient (Wildman–Crippen LogP) is 4.60. The number of anilines is 1. The van der Waals surface area contributed by atoms with Crippen molar-refractivity contribution in [3.8, 4) is 0 Å². The average Bonchev–Trinajstić information content (AvgIpc) is 3.09. The molecule has 27 heavy (non-hydrogen) atoms. The molecule has 0 spiro atoms. The Kier molecular flexibility index (Phi) is 6.20. The SMILES string of the molecule is CN(C)c1ccc([C@H]2NC[C@@H](CSc3ncc(C(F)(F)F)cc3Cl)O2)cc1. The maximum absolute atomic E-state index is 12.7. The zero-order chi connectivity index (χ0) is 19.6. The van der Waals surface area contributed by atoms with Crippen LogP contribution in [0.15, 0.2) is 41.6 Å². The van der Waals surface area contributed by atoms with Gasteiger partial charge in [0.1, 0.15) is 11.3 Å². The molecular formula is C18H19ClF3N3OS. The Morgan fingerprint density at radius 2 is 2.00 bits per heavy atom. The van der Waals surface area contributed by atoms with Crippen molar-refractivity contribution in [1.82, 2.24) is 10.3 Å². The van der Waals surface area contributed by atoms with Crippen molar-refractivity contribution in [3.63, 3.8) is 0 Å². The van der Waals surface area contributed by atoms with Crippen LogP contribution in [0.5, 0.6) is 0 Å². The first-order valence-corrected chi connectivity index (χ1v) is 9.62. The average molecular weight is 418 g/mol. The molecule has 2 atom stereocenters. The van der Waals surface area contributed by atoms with Gasteiger partial charge in [0.05, 0.1) is 16.7 Å². The van der Waals surface area contributed by atoms with Crippen molar-refractivity contribution in [2.75, 3.05) is 31.3 Å². The van der Waals surface area contributed by atoms with E-state index in [1.54, 1.807) is 0 Å². The summed E-state index contributed by atoms with van der Waals surface area (Å²) in [6.07, 6.45) is -3.94. The number of hydrogen-bond acceptors (Lipinski definition) is 5. The largest absolute Gasteiger partial charge is 0.417 e. The third-order valence-corrected chi connectivity index (χ3v) is 5.65. The Hall–Kier alpha value is -1.48. The van der Waals surface area contributed by atoms with Crippen molar-refractivity contribution in [1.29, 1.82) is 0 Å². The van der Waals surface area contributed by atoms with Crippen LogP contribution in [-0.4, -0.2) is 37.5 Å². The van der Waals surface area contributed by atoms with Gasteiger partial charge in [-0.1, -0.05) is 23.7 Å². The van der Waals surface area contributed by atoms with E-state index in [0.29, 0.717) is 17.3 Å². The summed E-state index contributed by atoms with van der Waals surface area (Å²) < 4.78 is 44.0. The van der Waals surface area contributed by atoms with Crippen molar-refractivity contribution in [2.45, 2.75) is 23.5 Å². The minimum Gasteiger partial charge on any atom is -0.378 e. The monoisotopic (exact) mass is 417 g/mol. The van der Waals surface area contributed by atoms with Gasteiger partial charge in [0.15, 0.2) is 0 Å². The van der Waals surface area contributed by atoms with Crippen LogP contribution in [0.3, 0.4) is 0 Å². The first kappa shape index (κ1) is 20.3. The Bertz CT molecular complexity index is 786. The van der Waals surface area contributed by atoms with Crippen LogP contribution in [0.2, 0.25) is 5.02 Å². The van der Waals surface area contributed by atoms with Gasteiger partial charge in [-0.25, -0.2) is 4.98 Å². The Balaban J connectivity index is 1.56. The highest BCUT2D eigenvalue weighted by Crippen LogP contribution is 2.34. The van der Waals surface area contributed by atoms with Gasteiger partial charge in [0, 0.05) is 38.3 Å². The van der Waals surface area contributed by atoms with Crippen molar-refractivity contribution in [3.05, 3.63) is 52.7 Å². The molecule has 1 aliphatic heterocycles. The fourth-order valence-corrected chi connectivity index (χ4v) is 3.82. The molecule has 2 aromatic rings. The number of hydrogen-bond donors (Lipinski definition) is 1. The highest BCUT2D eigenvalue weighted by atomic mass is 35.5. The van der Waals surface area contributed by atoms with Crippen molar-refractivity contribution < 1.29 is 17.9 Å². The van der Waals surface area contributed by atoms with E-state index in [1.165, 1.54) is 11.8 Å². The Labute approximate surface area is 165 Å².